The molecule has 3 heteroatoms. The average Bonchev–Trinajstić information content (AvgIpc) is 2.35. The van der Waals surface area contributed by atoms with Gasteiger partial charge in [0.2, 0.25) is 0 Å². The van der Waals surface area contributed by atoms with Crippen LogP contribution in [0.5, 0.6) is 0 Å². The van der Waals surface area contributed by atoms with E-state index in [1.165, 1.54) is 31.2 Å². The van der Waals surface area contributed by atoms with Crippen molar-refractivity contribution >= 4 is 15.9 Å². The number of hydrogen-bond acceptors (Lipinski definition) is 2. The lowest BCUT2D eigenvalue weighted by molar-refractivity contribution is 0.513. The molecule has 1 rings (SSSR count). The van der Waals surface area contributed by atoms with Gasteiger partial charge in [-0.3, -0.25) is 0 Å². The molecule has 0 radical (unpaired) electrons. The second-order valence-corrected chi connectivity index (χ2v) is 5.18. The third-order valence-electron chi connectivity index (χ3n) is 2.94. The standard InChI is InChI=1S/C14H23BrN2/c1-2-3-4-7-10-17-14(11-16)12-8-5-6-9-13(12)15/h5-6,8-9,14,17H,2-4,7,10-11,16H2,1H3. The van der Waals surface area contributed by atoms with E-state index in [1.54, 1.807) is 0 Å². The lowest BCUT2D eigenvalue weighted by atomic mass is 10.1. The van der Waals surface area contributed by atoms with E-state index < -0.39 is 0 Å². The molecule has 0 spiro atoms. The second-order valence-electron chi connectivity index (χ2n) is 4.32. The van der Waals surface area contributed by atoms with Gasteiger partial charge in [-0.25, -0.2) is 0 Å². The molecule has 17 heavy (non-hydrogen) atoms. The zero-order chi connectivity index (χ0) is 12.5. The van der Waals surface area contributed by atoms with Gasteiger partial charge in [0.1, 0.15) is 0 Å². The van der Waals surface area contributed by atoms with Crippen LogP contribution >= 0.6 is 15.9 Å². The minimum absolute atomic E-state index is 0.257. The van der Waals surface area contributed by atoms with Crippen LogP contribution in [0.3, 0.4) is 0 Å². The Labute approximate surface area is 113 Å². The molecule has 2 nitrogen and oxygen atoms in total. The number of unbranched alkanes of at least 4 members (excludes halogenated alkanes) is 3. The van der Waals surface area contributed by atoms with Crippen LogP contribution in [0.25, 0.3) is 0 Å². The number of rotatable bonds is 8. The molecule has 1 unspecified atom stereocenters. The highest BCUT2D eigenvalue weighted by atomic mass is 79.9. The van der Waals surface area contributed by atoms with Crippen molar-refractivity contribution in [3.05, 3.63) is 34.3 Å². The number of nitrogens with one attached hydrogen (secondary N) is 1. The van der Waals surface area contributed by atoms with E-state index in [4.69, 9.17) is 5.73 Å². The van der Waals surface area contributed by atoms with Crippen molar-refractivity contribution in [2.24, 2.45) is 5.73 Å². The Morgan fingerprint density at radius 2 is 2.00 bits per heavy atom. The first-order valence-corrected chi connectivity index (χ1v) is 7.26. The molecule has 3 N–H and O–H groups in total. The van der Waals surface area contributed by atoms with E-state index in [2.05, 4.69) is 46.4 Å². The van der Waals surface area contributed by atoms with E-state index in [1.807, 2.05) is 6.07 Å². The van der Waals surface area contributed by atoms with Crippen LogP contribution in [0.4, 0.5) is 0 Å². The fraction of sp³-hybridized carbons (Fsp3) is 0.571. The van der Waals surface area contributed by atoms with Crippen LogP contribution in [0.1, 0.15) is 44.2 Å². The monoisotopic (exact) mass is 298 g/mol. The Morgan fingerprint density at radius 1 is 1.24 bits per heavy atom. The van der Waals surface area contributed by atoms with E-state index in [9.17, 15) is 0 Å². The summed E-state index contributed by atoms with van der Waals surface area (Å²) >= 11 is 3.58. The molecule has 96 valence electrons. The minimum atomic E-state index is 0.257. The predicted octanol–water partition coefficient (Wildman–Crippen LogP) is 3.62. The first-order valence-electron chi connectivity index (χ1n) is 6.47. The topological polar surface area (TPSA) is 38.0 Å². The van der Waals surface area contributed by atoms with E-state index in [-0.39, 0.29) is 6.04 Å². The highest BCUT2D eigenvalue weighted by Crippen LogP contribution is 2.22. The first kappa shape index (κ1) is 14.7. The van der Waals surface area contributed by atoms with Crippen molar-refractivity contribution in [2.45, 2.75) is 38.6 Å². The number of hydrogen-bond donors (Lipinski definition) is 2. The third-order valence-corrected chi connectivity index (χ3v) is 3.66. The summed E-state index contributed by atoms with van der Waals surface area (Å²) in [6.07, 6.45) is 5.14. The van der Waals surface area contributed by atoms with Crippen molar-refractivity contribution in [1.82, 2.24) is 5.32 Å². The van der Waals surface area contributed by atoms with Gasteiger partial charge in [-0.2, -0.15) is 0 Å². The first-order chi connectivity index (χ1) is 8.29. The smallest absolute Gasteiger partial charge is 0.0455 e. The normalized spacial score (nSPS) is 12.6. The summed E-state index contributed by atoms with van der Waals surface area (Å²) in [5, 5.41) is 3.53. The summed E-state index contributed by atoms with van der Waals surface area (Å²) < 4.78 is 1.14. The second kappa shape index (κ2) is 8.67. The molecule has 1 aromatic rings. The Balaban J connectivity index is 2.41. The minimum Gasteiger partial charge on any atom is -0.329 e. The molecule has 0 aliphatic carbocycles. The molecule has 0 heterocycles. The van der Waals surface area contributed by atoms with Crippen molar-refractivity contribution in [2.75, 3.05) is 13.1 Å². The fourth-order valence-electron chi connectivity index (χ4n) is 1.91. The van der Waals surface area contributed by atoms with Crippen molar-refractivity contribution < 1.29 is 0 Å². The maximum Gasteiger partial charge on any atom is 0.0455 e. The maximum atomic E-state index is 5.83. The average molecular weight is 299 g/mol. The van der Waals surface area contributed by atoms with E-state index in [0.717, 1.165) is 11.0 Å². The molecule has 0 aliphatic rings. The molecule has 0 aromatic heterocycles. The van der Waals surface area contributed by atoms with Gasteiger partial charge >= 0.3 is 0 Å². The molecule has 0 bridgehead atoms. The van der Waals surface area contributed by atoms with Crippen LogP contribution < -0.4 is 11.1 Å². The molecule has 0 saturated heterocycles. The Morgan fingerprint density at radius 3 is 2.65 bits per heavy atom. The van der Waals surface area contributed by atoms with Crippen LogP contribution in [0, 0.1) is 0 Å². The largest absolute Gasteiger partial charge is 0.329 e. The number of halogens is 1. The Kier molecular flexibility index (Phi) is 7.49. The van der Waals surface area contributed by atoms with Gasteiger partial charge in [0.25, 0.3) is 0 Å². The summed E-state index contributed by atoms with van der Waals surface area (Å²) in [6, 6.07) is 8.54. The molecular weight excluding hydrogens is 276 g/mol. The summed E-state index contributed by atoms with van der Waals surface area (Å²) in [7, 11) is 0. The highest BCUT2D eigenvalue weighted by molar-refractivity contribution is 9.10. The van der Waals surface area contributed by atoms with Gasteiger partial charge in [-0.1, -0.05) is 60.3 Å². The van der Waals surface area contributed by atoms with Crippen LogP contribution in [0.15, 0.2) is 28.7 Å². The third kappa shape index (κ3) is 5.19. The molecule has 1 aromatic carbocycles. The van der Waals surface area contributed by atoms with Crippen LogP contribution in [-0.2, 0) is 0 Å². The quantitative estimate of drug-likeness (QED) is 0.720. The Hall–Kier alpha value is -0.380. The van der Waals surface area contributed by atoms with Gasteiger partial charge < -0.3 is 11.1 Å². The molecule has 0 saturated carbocycles. The Bertz CT molecular complexity index is 315. The molecule has 0 fully saturated rings. The van der Waals surface area contributed by atoms with Gasteiger partial charge in [0.05, 0.1) is 0 Å². The van der Waals surface area contributed by atoms with E-state index >= 15 is 0 Å². The van der Waals surface area contributed by atoms with Gasteiger partial charge in [0, 0.05) is 17.1 Å². The lowest BCUT2D eigenvalue weighted by Crippen LogP contribution is -2.29. The summed E-state index contributed by atoms with van der Waals surface area (Å²) in [5.41, 5.74) is 7.09. The predicted molar refractivity (Wildman–Crippen MR) is 78.1 cm³/mol. The van der Waals surface area contributed by atoms with E-state index in [0.29, 0.717) is 6.54 Å². The molecule has 0 aliphatic heterocycles. The van der Waals surface area contributed by atoms with Gasteiger partial charge in [-0.15, -0.1) is 0 Å². The van der Waals surface area contributed by atoms with Crippen molar-refractivity contribution in [3.63, 3.8) is 0 Å². The van der Waals surface area contributed by atoms with Crippen LogP contribution in [0.2, 0.25) is 0 Å². The van der Waals surface area contributed by atoms with Crippen LogP contribution in [-0.4, -0.2) is 13.1 Å². The van der Waals surface area contributed by atoms with Crippen molar-refractivity contribution in [1.29, 1.82) is 0 Å². The zero-order valence-corrected chi connectivity index (χ0v) is 12.2. The summed E-state index contributed by atoms with van der Waals surface area (Å²) in [4.78, 5) is 0. The highest BCUT2D eigenvalue weighted by Gasteiger charge is 2.10. The molecule has 0 amide bonds. The zero-order valence-electron chi connectivity index (χ0n) is 10.6. The molecular formula is C14H23BrN2. The van der Waals surface area contributed by atoms with Gasteiger partial charge in [-0.05, 0) is 24.6 Å². The molecule has 1 atom stereocenters. The summed E-state index contributed by atoms with van der Waals surface area (Å²) in [6.45, 7) is 3.91. The number of benzene rings is 1. The van der Waals surface area contributed by atoms with Gasteiger partial charge in [0.15, 0.2) is 0 Å². The lowest BCUT2D eigenvalue weighted by Gasteiger charge is -2.18. The number of nitrogens with two attached hydrogens (primary N) is 1. The maximum absolute atomic E-state index is 5.83. The van der Waals surface area contributed by atoms with Crippen molar-refractivity contribution in [3.8, 4) is 0 Å². The SMILES string of the molecule is CCCCCCNC(CN)c1ccccc1Br. The fourth-order valence-corrected chi connectivity index (χ4v) is 2.47. The summed E-state index contributed by atoms with van der Waals surface area (Å²) in [5.74, 6) is 0.